The van der Waals surface area contributed by atoms with Crippen LogP contribution in [-0.2, 0) is 4.79 Å². The topological polar surface area (TPSA) is 135 Å². The van der Waals surface area contributed by atoms with Crippen molar-refractivity contribution in [2.75, 3.05) is 37.7 Å². The van der Waals surface area contributed by atoms with Gasteiger partial charge in [0.25, 0.3) is 5.91 Å². The SMILES string of the molecule is CC(C)c1ccnc(NC(=O)c2ccc(-c3nn(C4CCN(C(=O)/C=C/CN(C)C5CC5)C4)c4ncnc(N)c34)cc2)c1. The molecule has 2 amide bonds. The molecule has 1 unspecified atom stereocenters. The highest BCUT2D eigenvalue weighted by molar-refractivity contribution is 6.04. The van der Waals surface area contributed by atoms with Crippen molar-refractivity contribution in [2.24, 2.45) is 0 Å². The lowest BCUT2D eigenvalue weighted by molar-refractivity contribution is -0.125. The maximum Gasteiger partial charge on any atom is 0.256 e. The molecule has 11 heteroatoms. The summed E-state index contributed by atoms with van der Waals surface area (Å²) in [6.07, 6.45) is 10.0. The number of fused-ring (bicyclic) bond motifs is 1. The number of benzene rings is 1. The van der Waals surface area contributed by atoms with Gasteiger partial charge in [-0.05, 0) is 62.1 Å². The lowest BCUT2D eigenvalue weighted by atomic mass is 10.0. The Balaban J connectivity index is 1.19. The van der Waals surface area contributed by atoms with Crippen molar-refractivity contribution in [3.8, 4) is 11.3 Å². The number of pyridine rings is 1. The number of aromatic nitrogens is 5. The van der Waals surface area contributed by atoms with Crippen LogP contribution in [0.15, 0.2) is 61.1 Å². The number of nitrogen functional groups attached to an aromatic ring is 1. The molecule has 43 heavy (non-hydrogen) atoms. The van der Waals surface area contributed by atoms with Crippen molar-refractivity contribution in [3.63, 3.8) is 0 Å². The maximum atomic E-state index is 13.0. The average Bonchev–Trinajstić information content (AvgIpc) is 3.61. The average molecular weight is 580 g/mol. The minimum absolute atomic E-state index is 0.0116. The van der Waals surface area contributed by atoms with E-state index < -0.39 is 0 Å². The summed E-state index contributed by atoms with van der Waals surface area (Å²) in [7, 11) is 2.10. The number of rotatable bonds is 9. The van der Waals surface area contributed by atoms with E-state index in [0.29, 0.717) is 59.0 Å². The number of hydrogen-bond donors (Lipinski definition) is 2. The third-order valence-electron chi connectivity index (χ3n) is 8.28. The van der Waals surface area contributed by atoms with Crippen LogP contribution < -0.4 is 11.1 Å². The molecule has 1 aliphatic heterocycles. The Hall–Kier alpha value is -4.64. The van der Waals surface area contributed by atoms with Crippen molar-refractivity contribution >= 4 is 34.5 Å². The number of nitrogens with one attached hydrogen (secondary N) is 1. The third kappa shape index (κ3) is 6.12. The predicted octanol–water partition coefficient (Wildman–Crippen LogP) is 4.27. The highest BCUT2D eigenvalue weighted by atomic mass is 16.2. The molecule has 2 aliphatic rings. The van der Waals surface area contributed by atoms with Crippen molar-refractivity contribution < 1.29 is 9.59 Å². The first-order valence-corrected chi connectivity index (χ1v) is 14.8. The van der Waals surface area contributed by atoms with Crippen molar-refractivity contribution in [2.45, 2.75) is 51.1 Å². The van der Waals surface area contributed by atoms with E-state index in [1.165, 1.54) is 19.2 Å². The smallest absolute Gasteiger partial charge is 0.256 e. The van der Waals surface area contributed by atoms with Crippen LogP contribution in [0.25, 0.3) is 22.3 Å². The molecule has 0 radical (unpaired) electrons. The van der Waals surface area contributed by atoms with Crippen molar-refractivity contribution in [1.82, 2.24) is 34.5 Å². The monoisotopic (exact) mass is 579 g/mol. The first-order valence-electron chi connectivity index (χ1n) is 14.8. The van der Waals surface area contributed by atoms with Crippen molar-refractivity contribution in [3.05, 3.63) is 72.2 Å². The van der Waals surface area contributed by atoms with Gasteiger partial charge in [-0.25, -0.2) is 19.6 Å². The van der Waals surface area contributed by atoms with E-state index in [-0.39, 0.29) is 17.9 Å². The van der Waals surface area contributed by atoms with Crippen LogP contribution >= 0.6 is 0 Å². The van der Waals surface area contributed by atoms with E-state index in [0.717, 1.165) is 24.1 Å². The lowest BCUT2D eigenvalue weighted by Gasteiger charge is -2.16. The lowest BCUT2D eigenvalue weighted by Crippen LogP contribution is -2.28. The van der Waals surface area contributed by atoms with E-state index in [1.54, 1.807) is 24.4 Å². The Morgan fingerprint density at radius 2 is 1.91 bits per heavy atom. The van der Waals surface area contributed by atoms with Crippen LogP contribution in [0.5, 0.6) is 0 Å². The van der Waals surface area contributed by atoms with Gasteiger partial charge in [0.15, 0.2) is 5.65 Å². The Morgan fingerprint density at radius 3 is 2.65 bits per heavy atom. The molecular formula is C32H37N9O2. The largest absolute Gasteiger partial charge is 0.383 e. The van der Waals surface area contributed by atoms with E-state index >= 15 is 0 Å². The fourth-order valence-electron chi connectivity index (χ4n) is 5.53. The molecule has 1 saturated heterocycles. The standard InChI is InChI=1S/C32H37N9O2/c1-20(2)23-12-14-34-26(17-23)37-32(43)22-8-6-21(7-9-22)29-28-30(33)35-19-36-31(28)41(38-29)25-13-16-40(18-25)27(42)5-4-15-39(3)24-10-11-24/h4-9,12,14,17,19-20,24-25H,10-11,13,15-16,18H2,1-3H3,(H2,33,35,36)(H,34,37,43)/b5-4+. The van der Waals surface area contributed by atoms with Gasteiger partial charge in [0, 0.05) is 49.1 Å². The summed E-state index contributed by atoms with van der Waals surface area (Å²) in [6, 6.07) is 11.7. The third-order valence-corrected chi connectivity index (χ3v) is 8.28. The molecule has 0 bridgehead atoms. The molecule has 1 aliphatic carbocycles. The van der Waals surface area contributed by atoms with E-state index in [4.69, 9.17) is 10.8 Å². The molecule has 4 aromatic rings. The Morgan fingerprint density at radius 1 is 1.12 bits per heavy atom. The molecule has 0 spiro atoms. The van der Waals surface area contributed by atoms with Crippen molar-refractivity contribution in [1.29, 1.82) is 0 Å². The summed E-state index contributed by atoms with van der Waals surface area (Å²) < 4.78 is 1.87. The van der Waals surface area contributed by atoms with E-state index in [1.807, 2.05) is 39.9 Å². The van der Waals surface area contributed by atoms with Gasteiger partial charge in [-0.2, -0.15) is 5.10 Å². The number of anilines is 2. The zero-order valence-electron chi connectivity index (χ0n) is 24.8. The Kier molecular flexibility index (Phi) is 7.90. The van der Waals surface area contributed by atoms with Gasteiger partial charge < -0.3 is 16.0 Å². The summed E-state index contributed by atoms with van der Waals surface area (Å²) in [4.78, 5) is 43.0. The molecule has 4 heterocycles. The number of nitrogens with zero attached hydrogens (tertiary/aromatic N) is 7. The van der Waals surface area contributed by atoms with Crippen LogP contribution in [0, 0.1) is 0 Å². The minimum Gasteiger partial charge on any atom is -0.383 e. The molecule has 3 aromatic heterocycles. The Bertz CT molecular complexity index is 1670. The molecule has 1 atom stereocenters. The molecule has 222 valence electrons. The van der Waals surface area contributed by atoms with Crippen LogP contribution in [0.1, 0.15) is 61.0 Å². The van der Waals surface area contributed by atoms with Crippen LogP contribution in [0.3, 0.4) is 0 Å². The number of likely N-dealkylation sites (N-methyl/N-ethyl adjacent to an activating group) is 1. The van der Waals surface area contributed by atoms with Gasteiger partial charge in [-0.15, -0.1) is 0 Å². The number of nitrogens with two attached hydrogens (primary N) is 1. The molecule has 1 aromatic carbocycles. The predicted molar refractivity (Wildman–Crippen MR) is 166 cm³/mol. The van der Waals surface area contributed by atoms with Gasteiger partial charge in [-0.3, -0.25) is 14.5 Å². The zero-order valence-corrected chi connectivity index (χ0v) is 24.8. The van der Waals surface area contributed by atoms with Gasteiger partial charge in [0.05, 0.1) is 11.4 Å². The second-order valence-corrected chi connectivity index (χ2v) is 11.7. The summed E-state index contributed by atoms with van der Waals surface area (Å²) in [5, 5.41) is 8.47. The number of likely N-dealkylation sites (tertiary alicyclic amines) is 1. The molecular weight excluding hydrogens is 542 g/mol. The fraction of sp³-hybridized carbons (Fsp3) is 0.375. The molecule has 1 saturated carbocycles. The number of amides is 2. The summed E-state index contributed by atoms with van der Waals surface area (Å²) in [5.41, 5.74) is 9.98. The number of hydrogen-bond acceptors (Lipinski definition) is 8. The highest BCUT2D eigenvalue weighted by Gasteiger charge is 2.30. The maximum absolute atomic E-state index is 13.0. The van der Waals surface area contributed by atoms with E-state index in [9.17, 15) is 9.59 Å². The second-order valence-electron chi connectivity index (χ2n) is 11.7. The molecule has 6 rings (SSSR count). The molecule has 11 nitrogen and oxygen atoms in total. The second kappa shape index (κ2) is 11.9. The zero-order chi connectivity index (χ0) is 30.1. The van der Waals surface area contributed by atoms with Gasteiger partial charge in [0.2, 0.25) is 5.91 Å². The van der Waals surface area contributed by atoms with Gasteiger partial charge in [-0.1, -0.05) is 32.1 Å². The normalized spacial score (nSPS) is 17.0. The van der Waals surface area contributed by atoms with Crippen LogP contribution in [0.2, 0.25) is 0 Å². The summed E-state index contributed by atoms with van der Waals surface area (Å²) in [5.74, 6) is 0.940. The number of carbonyl (C=O) groups excluding carboxylic acids is 2. The fourth-order valence-corrected chi connectivity index (χ4v) is 5.53. The highest BCUT2D eigenvalue weighted by Crippen LogP contribution is 2.34. The summed E-state index contributed by atoms with van der Waals surface area (Å²) >= 11 is 0. The molecule has 2 fully saturated rings. The van der Waals surface area contributed by atoms with Crippen LogP contribution in [-0.4, -0.2) is 79.1 Å². The molecule has 3 N–H and O–H groups in total. The minimum atomic E-state index is -0.248. The van der Waals surface area contributed by atoms with Crippen LogP contribution in [0.4, 0.5) is 11.6 Å². The van der Waals surface area contributed by atoms with E-state index in [2.05, 4.69) is 46.1 Å². The van der Waals surface area contributed by atoms with Gasteiger partial charge in [0.1, 0.15) is 23.7 Å². The first-order chi connectivity index (χ1) is 20.8. The van der Waals surface area contributed by atoms with Gasteiger partial charge >= 0.3 is 0 Å². The first kappa shape index (κ1) is 28.5. The quantitative estimate of drug-likeness (QED) is 0.281. The Labute approximate surface area is 250 Å². The number of carbonyl (C=O) groups is 2. The summed E-state index contributed by atoms with van der Waals surface area (Å²) in [6.45, 7) is 6.15.